The molecule has 0 radical (unpaired) electrons. The molecule has 2 N–H and O–H groups in total. The average Bonchev–Trinajstić information content (AvgIpc) is 2.62. The number of nitrogens with one attached hydrogen (secondary N) is 2. The molecule has 3 rings (SSSR count). The maximum Gasteiger partial charge on any atom is 0.287 e. The molecule has 2 aromatic carbocycles. The Morgan fingerprint density at radius 2 is 1.74 bits per heavy atom. The number of sulfonamides is 1. The normalized spacial score (nSPS) is 11.5. The first-order valence-electron chi connectivity index (χ1n) is 8.06. The van der Waals surface area contributed by atoms with Gasteiger partial charge in [0, 0.05) is 12.4 Å². The van der Waals surface area contributed by atoms with Crippen molar-refractivity contribution in [2.75, 3.05) is 0 Å². The van der Waals surface area contributed by atoms with Gasteiger partial charge in [0.15, 0.2) is 5.69 Å². The molecular formula is C18H18N4O4S. The lowest BCUT2D eigenvalue weighted by Crippen LogP contribution is -2.42. The van der Waals surface area contributed by atoms with Crippen LogP contribution < -0.4 is 15.8 Å². The Labute approximate surface area is 155 Å². The first-order valence-corrected chi connectivity index (χ1v) is 9.54. The second-order valence-corrected chi connectivity index (χ2v) is 7.80. The second-order valence-electron chi connectivity index (χ2n) is 6.15. The summed E-state index contributed by atoms with van der Waals surface area (Å²) in [6.45, 7) is 3.53. The van der Waals surface area contributed by atoms with E-state index in [9.17, 15) is 18.0 Å². The van der Waals surface area contributed by atoms with Gasteiger partial charge in [0.1, 0.15) is 0 Å². The fourth-order valence-corrected chi connectivity index (χ4v) is 3.86. The average molecular weight is 386 g/mol. The molecule has 1 amide bonds. The van der Waals surface area contributed by atoms with Gasteiger partial charge in [-0.05, 0) is 31.5 Å². The van der Waals surface area contributed by atoms with Crippen LogP contribution in [-0.2, 0) is 17.1 Å². The van der Waals surface area contributed by atoms with Crippen LogP contribution in [0.15, 0.2) is 52.2 Å². The van der Waals surface area contributed by atoms with Gasteiger partial charge in [0.05, 0.1) is 10.3 Å². The zero-order chi connectivity index (χ0) is 19.8. The van der Waals surface area contributed by atoms with Gasteiger partial charge in [-0.15, -0.1) is 4.83 Å². The van der Waals surface area contributed by atoms with Gasteiger partial charge in [-0.25, -0.2) is 13.1 Å². The molecule has 0 atom stereocenters. The Bertz CT molecular complexity index is 1220. The van der Waals surface area contributed by atoms with E-state index in [1.807, 2.05) is 6.92 Å². The highest BCUT2D eigenvalue weighted by atomic mass is 32.2. The molecule has 140 valence electrons. The third-order valence-corrected chi connectivity index (χ3v) is 5.50. The Balaban J connectivity index is 1.92. The molecule has 3 aromatic rings. The molecule has 9 heteroatoms. The number of carbonyl (C=O) groups is 1. The van der Waals surface area contributed by atoms with E-state index in [1.165, 1.54) is 13.1 Å². The van der Waals surface area contributed by atoms with Crippen molar-refractivity contribution in [3.63, 3.8) is 0 Å². The second kappa shape index (κ2) is 6.93. The fourth-order valence-electron chi connectivity index (χ4n) is 2.80. The van der Waals surface area contributed by atoms with Crippen molar-refractivity contribution in [1.29, 1.82) is 0 Å². The zero-order valence-electron chi connectivity index (χ0n) is 15.0. The minimum Gasteiger partial charge on any atom is -0.272 e. The topological polar surface area (TPSA) is 110 Å². The van der Waals surface area contributed by atoms with E-state index in [0.29, 0.717) is 16.3 Å². The molecule has 0 saturated heterocycles. The number of nitrogens with zero attached hydrogens (tertiary/aromatic N) is 2. The van der Waals surface area contributed by atoms with Crippen molar-refractivity contribution in [1.82, 2.24) is 20.0 Å². The molecule has 0 unspecified atom stereocenters. The summed E-state index contributed by atoms with van der Waals surface area (Å²) in [5.74, 6) is -0.768. The number of rotatable bonds is 4. The zero-order valence-corrected chi connectivity index (χ0v) is 15.8. The third kappa shape index (κ3) is 3.60. The molecule has 0 spiro atoms. The number of aryl methyl sites for hydroxylation is 3. The van der Waals surface area contributed by atoms with Crippen molar-refractivity contribution in [2.24, 2.45) is 7.05 Å². The first kappa shape index (κ1) is 18.7. The van der Waals surface area contributed by atoms with Crippen LogP contribution in [0.4, 0.5) is 0 Å². The number of amides is 1. The molecule has 0 saturated carbocycles. The van der Waals surface area contributed by atoms with Gasteiger partial charge in [-0.1, -0.05) is 35.9 Å². The van der Waals surface area contributed by atoms with Crippen molar-refractivity contribution in [3.05, 3.63) is 69.6 Å². The number of hydrogen-bond donors (Lipinski definition) is 2. The van der Waals surface area contributed by atoms with Crippen LogP contribution in [0.3, 0.4) is 0 Å². The lowest BCUT2D eigenvalue weighted by atomic mass is 10.1. The lowest BCUT2D eigenvalue weighted by molar-refractivity contribution is 0.0940. The Morgan fingerprint density at radius 1 is 1.07 bits per heavy atom. The van der Waals surface area contributed by atoms with Gasteiger partial charge in [0.2, 0.25) is 0 Å². The van der Waals surface area contributed by atoms with Crippen LogP contribution in [0, 0.1) is 13.8 Å². The van der Waals surface area contributed by atoms with Crippen LogP contribution in [0.5, 0.6) is 0 Å². The molecule has 0 fully saturated rings. The van der Waals surface area contributed by atoms with Crippen LogP contribution in [0.2, 0.25) is 0 Å². The SMILES string of the molecule is Cc1ccc(S(=O)(=O)NNC(=O)c2nn(C)c(=O)c3ccccc23)c(C)c1. The maximum atomic E-state index is 12.5. The molecule has 0 aliphatic rings. The molecule has 1 aromatic heterocycles. The first-order chi connectivity index (χ1) is 12.7. The van der Waals surface area contributed by atoms with Gasteiger partial charge < -0.3 is 0 Å². The molecule has 8 nitrogen and oxygen atoms in total. The van der Waals surface area contributed by atoms with E-state index in [-0.39, 0.29) is 16.1 Å². The van der Waals surface area contributed by atoms with E-state index >= 15 is 0 Å². The third-order valence-electron chi connectivity index (χ3n) is 4.09. The van der Waals surface area contributed by atoms with Gasteiger partial charge in [0.25, 0.3) is 21.5 Å². The predicted octanol–water partition coefficient (Wildman–Crippen LogP) is 1.17. The summed E-state index contributed by atoms with van der Waals surface area (Å²) >= 11 is 0. The minimum absolute atomic E-state index is 0.0592. The highest BCUT2D eigenvalue weighted by Crippen LogP contribution is 2.16. The lowest BCUT2D eigenvalue weighted by Gasteiger charge is -2.12. The number of carbonyl (C=O) groups excluding carboxylic acids is 1. The summed E-state index contributed by atoms with van der Waals surface area (Å²) in [4.78, 5) is 26.8. The number of benzene rings is 2. The summed E-state index contributed by atoms with van der Waals surface area (Å²) in [5.41, 5.74) is 3.24. The molecule has 0 aliphatic heterocycles. The molecule has 1 heterocycles. The van der Waals surface area contributed by atoms with Gasteiger partial charge in [-0.3, -0.25) is 15.0 Å². The van der Waals surface area contributed by atoms with E-state index in [0.717, 1.165) is 10.2 Å². The number of hydrazine groups is 1. The summed E-state index contributed by atoms with van der Waals surface area (Å²) in [7, 11) is -2.54. The van der Waals surface area contributed by atoms with Gasteiger partial charge >= 0.3 is 0 Å². The Morgan fingerprint density at radius 3 is 2.41 bits per heavy atom. The van der Waals surface area contributed by atoms with E-state index in [4.69, 9.17) is 0 Å². The number of fused-ring (bicyclic) bond motifs is 1. The van der Waals surface area contributed by atoms with Crippen LogP contribution in [0.25, 0.3) is 10.8 Å². The Hall–Kier alpha value is -3.04. The monoisotopic (exact) mass is 386 g/mol. The van der Waals surface area contributed by atoms with Crippen LogP contribution in [-0.4, -0.2) is 24.1 Å². The smallest absolute Gasteiger partial charge is 0.272 e. The van der Waals surface area contributed by atoms with Crippen molar-refractivity contribution >= 4 is 26.7 Å². The highest BCUT2D eigenvalue weighted by Gasteiger charge is 2.20. The number of aromatic nitrogens is 2. The number of hydrogen-bond acceptors (Lipinski definition) is 5. The van der Waals surface area contributed by atoms with E-state index in [2.05, 4.69) is 15.4 Å². The van der Waals surface area contributed by atoms with Crippen molar-refractivity contribution < 1.29 is 13.2 Å². The maximum absolute atomic E-state index is 12.5. The summed E-state index contributed by atoms with van der Waals surface area (Å²) in [5, 5.41) is 4.61. The summed E-state index contributed by atoms with van der Waals surface area (Å²) in [6.07, 6.45) is 0. The van der Waals surface area contributed by atoms with Crippen LogP contribution >= 0.6 is 0 Å². The summed E-state index contributed by atoms with van der Waals surface area (Å²) < 4.78 is 26.0. The van der Waals surface area contributed by atoms with E-state index < -0.39 is 15.9 Å². The predicted molar refractivity (Wildman–Crippen MR) is 101 cm³/mol. The summed E-state index contributed by atoms with van der Waals surface area (Å²) in [6, 6.07) is 11.4. The molecule has 0 aliphatic carbocycles. The van der Waals surface area contributed by atoms with Gasteiger partial charge in [-0.2, -0.15) is 5.10 Å². The largest absolute Gasteiger partial charge is 0.287 e. The molecule has 27 heavy (non-hydrogen) atoms. The fraction of sp³-hybridized carbons (Fsp3) is 0.167. The Kier molecular flexibility index (Phi) is 4.81. The highest BCUT2D eigenvalue weighted by molar-refractivity contribution is 7.89. The molecule has 0 bridgehead atoms. The van der Waals surface area contributed by atoms with E-state index in [1.54, 1.807) is 43.3 Å². The van der Waals surface area contributed by atoms with Crippen LogP contribution in [0.1, 0.15) is 21.6 Å². The van der Waals surface area contributed by atoms with Crippen molar-refractivity contribution in [3.8, 4) is 0 Å². The van der Waals surface area contributed by atoms with Crippen molar-refractivity contribution in [2.45, 2.75) is 18.7 Å². The minimum atomic E-state index is -3.96. The molecular weight excluding hydrogens is 368 g/mol. The quantitative estimate of drug-likeness (QED) is 0.654. The standard InChI is InChI=1S/C18H18N4O4S/c1-11-8-9-15(12(2)10-11)27(25,26)21-19-17(23)16-13-6-4-5-7-14(13)18(24)22(3)20-16/h4-10,21H,1-3H3,(H,19,23).